The van der Waals surface area contributed by atoms with E-state index in [1.165, 1.54) is 10.4 Å². The van der Waals surface area contributed by atoms with Crippen molar-refractivity contribution in [2.75, 3.05) is 20.1 Å². The van der Waals surface area contributed by atoms with Crippen molar-refractivity contribution in [1.82, 2.24) is 9.62 Å². The molecule has 0 aliphatic heterocycles. The monoisotopic (exact) mass is 302 g/mol. The second-order valence-corrected chi connectivity index (χ2v) is 7.73. The summed E-state index contributed by atoms with van der Waals surface area (Å²) in [5.74, 6) is 1.17. The number of nitrogens with one attached hydrogen (secondary N) is 1. The Kier molecular flexibility index (Phi) is 6.23. The van der Waals surface area contributed by atoms with Crippen LogP contribution in [0.4, 0.5) is 0 Å². The van der Waals surface area contributed by atoms with E-state index >= 15 is 0 Å². The summed E-state index contributed by atoms with van der Waals surface area (Å²) in [6.07, 6.45) is 0. The molecule has 0 aliphatic rings. The molecule has 0 fully saturated rings. The zero-order chi connectivity index (χ0) is 15.3. The second-order valence-electron chi connectivity index (χ2n) is 5.86. The summed E-state index contributed by atoms with van der Waals surface area (Å²) in [6.45, 7) is 9.57. The van der Waals surface area contributed by atoms with Gasteiger partial charge in [0.25, 0.3) is 10.0 Å². The van der Waals surface area contributed by atoms with Crippen LogP contribution in [0.2, 0.25) is 0 Å². The topological polar surface area (TPSA) is 62.6 Å². The molecule has 5 nitrogen and oxygen atoms in total. The van der Waals surface area contributed by atoms with Crippen molar-refractivity contribution in [2.45, 2.75) is 39.3 Å². The molecule has 1 aromatic rings. The van der Waals surface area contributed by atoms with Gasteiger partial charge in [0.05, 0.1) is 6.54 Å². The summed E-state index contributed by atoms with van der Waals surface area (Å²) in [4.78, 5) is 0. The smallest absolute Gasteiger partial charge is 0.276 e. The van der Waals surface area contributed by atoms with Crippen molar-refractivity contribution >= 4 is 10.0 Å². The lowest BCUT2D eigenvalue weighted by molar-refractivity contribution is 0.317. The molecule has 1 heterocycles. The fourth-order valence-corrected chi connectivity index (χ4v) is 3.67. The Bertz CT molecular complexity index is 496. The molecule has 1 rings (SSSR count). The Labute approximate surface area is 122 Å². The SMILES string of the molecule is CNCc1ccc(S(=O)(=O)N(CC(C)C)CC(C)C)o1. The molecule has 0 bridgehead atoms. The minimum absolute atomic E-state index is 0.0315. The third-order valence-corrected chi connectivity index (χ3v) is 4.43. The zero-order valence-electron chi connectivity index (χ0n) is 13.0. The van der Waals surface area contributed by atoms with Gasteiger partial charge < -0.3 is 9.73 Å². The first kappa shape index (κ1) is 17.2. The average Bonchev–Trinajstić information content (AvgIpc) is 2.76. The van der Waals surface area contributed by atoms with E-state index in [0.29, 0.717) is 25.4 Å². The van der Waals surface area contributed by atoms with E-state index in [1.807, 2.05) is 27.7 Å². The van der Waals surface area contributed by atoms with E-state index in [9.17, 15) is 8.42 Å². The normalized spacial score (nSPS) is 12.8. The van der Waals surface area contributed by atoms with E-state index in [2.05, 4.69) is 5.32 Å². The van der Waals surface area contributed by atoms with Gasteiger partial charge in [0.2, 0.25) is 5.09 Å². The fraction of sp³-hybridized carbons (Fsp3) is 0.714. The third-order valence-electron chi connectivity index (χ3n) is 2.72. The van der Waals surface area contributed by atoms with Crippen LogP contribution in [0.5, 0.6) is 0 Å². The molecule has 0 amide bonds. The van der Waals surface area contributed by atoms with Crippen LogP contribution in [0.3, 0.4) is 0 Å². The number of hydrogen-bond donors (Lipinski definition) is 1. The Morgan fingerprint density at radius 1 is 1.15 bits per heavy atom. The summed E-state index contributed by atoms with van der Waals surface area (Å²) in [7, 11) is -1.76. The number of rotatable bonds is 8. The van der Waals surface area contributed by atoms with Gasteiger partial charge in [0.15, 0.2) is 0 Å². The van der Waals surface area contributed by atoms with E-state index in [4.69, 9.17) is 4.42 Å². The van der Waals surface area contributed by atoms with Gasteiger partial charge in [-0.1, -0.05) is 27.7 Å². The highest BCUT2D eigenvalue weighted by atomic mass is 32.2. The van der Waals surface area contributed by atoms with Crippen LogP contribution in [0, 0.1) is 11.8 Å². The van der Waals surface area contributed by atoms with Crippen LogP contribution in [-0.2, 0) is 16.6 Å². The van der Waals surface area contributed by atoms with Crippen molar-refractivity contribution < 1.29 is 12.8 Å². The first-order valence-corrected chi connectivity index (χ1v) is 8.44. The van der Waals surface area contributed by atoms with Crippen molar-refractivity contribution in [1.29, 1.82) is 0 Å². The molecule has 0 spiro atoms. The molecular formula is C14H26N2O3S. The van der Waals surface area contributed by atoms with Crippen molar-refractivity contribution in [3.05, 3.63) is 17.9 Å². The number of furan rings is 1. The molecule has 0 saturated heterocycles. The number of hydrogen-bond acceptors (Lipinski definition) is 4. The van der Waals surface area contributed by atoms with Crippen molar-refractivity contribution in [3.63, 3.8) is 0 Å². The van der Waals surface area contributed by atoms with Gasteiger partial charge in [0.1, 0.15) is 5.76 Å². The highest BCUT2D eigenvalue weighted by molar-refractivity contribution is 7.89. The quantitative estimate of drug-likeness (QED) is 0.800. The van der Waals surface area contributed by atoms with E-state index in [-0.39, 0.29) is 16.9 Å². The van der Waals surface area contributed by atoms with Gasteiger partial charge >= 0.3 is 0 Å². The van der Waals surface area contributed by atoms with Crippen molar-refractivity contribution in [2.24, 2.45) is 11.8 Å². The van der Waals surface area contributed by atoms with Gasteiger partial charge in [-0.25, -0.2) is 8.42 Å². The van der Waals surface area contributed by atoms with Gasteiger partial charge in [-0.15, -0.1) is 0 Å². The lowest BCUT2D eigenvalue weighted by Gasteiger charge is -2.24. The summed E-state index contributed by atoms with van der Waals surface area (Å²) in [6, 6.07) is 3.24. The molecule has 6 heteroatoms. The molecule has 1 N–H and O–H groups in total. The molecule has 0 aromatic carbocycles. The second kappa shape index (κ2) is 7.24. The molecular weight excluding hydrogens is 276 g/mol. The standard InChI is InChI=1S/C14H26N2O3S/c1-11(2)9-16(10-12(3)4)20(17,18)14-7-6-13(19-14)8-15-5/h6-7,11-12,15H,8-10H2,1-5H3. The van der Waals surface area contributed by atoms with E-state index < -0.39 is 10.0 Å². The Morgan fingerprint density at radius 3 is 2.15 bits per heavy atom. The first-order chi connectivity index (χ1) is 9.27. The number of nitrogens with zero attached hydrogens (tertiary/aromatic N) is 1. The molecule has 0 atom stereocenters. The Balaban J connectivity index is 3.01. The van der Waals surface area contributed by atoms with Crippen LogP contribution in [0.1, 0.15) is 33.5 Å². The highest BCUT2D eigenvalue weighted by Gasteiger charge is 2.28. The van der Waals surface area contributed by atoms with Crippen LogP contribution in [0.15, 0.2) is 21.6 Å². The maximum atomic E-state index is 12.6. The van der Waals surface area contributed by atoms with Gasteiger partial charge in [-0.2, -0.15) is 4.31 Å². The van der Waals surface area contributed by atoms with Gasteiger partial charge in [-0.3, -0.25) is 0 Å². The van der Waals surface area contributed by atoms with Crippen LogP contribution in [0.25, 0.3) is 0 Å². The van der Waals surface area contributed by atoms with E-state index in [1.54, 1.807) is 13.1 Å². The summed E-state index contributed by atoms with van der Waals surface area (Å²) in [5.41, 5.74) is 0. The number of sulfonamides is 1. The van der Waals surface area contributed by atoms with Crippen LogP contribution < -0.4 is 5.32 Å². The molecule has 0 saturated carbocycles. The first-order valence-electron chi connectivity index (χ1n) is 7.00. The summed E-state index contributed by atoms with van der Waals surface area (Å²) >= 11 is 0. The molecule has 0 aliphatic carbocycles. The van der Waals surface area contributed by atoms with E-state index in [0.717, 1.165) is 0 Å². The minimum Gasteiger partial charge on any atom is -0.447 e. The lowest BCUT2D eigenvalue weighted by Crippen LogP contribution is -2.36. The molecule has 1 aromatic heterocycles. The predicted octanol–water partition coefficient (Wildman–Crippen LogP) is 2.30. The van der Waals surface area contributed by atoms with Gasteiger partial charge in [0, 0.05) is 13.1 Å². The predicted molar refractivity (Wildman–Crippen MR) is 79.9 cm³/mol. The fourth-order valence-electron chi connectivity index (χ4n) is 1.98. The van der Waals surface area contributed by atoms with Gasteiger partial charge in [-0.05, 0) is 31.0 Å². The maximum absolute atomic E-state index is 12.6. The molecule has 0 radical (unpaired) electrons. The summed E-state index contributed by atoms with van der Waals surface area (Å²) < 4.78 is 32.2. The lowest BCUT2D eigenvalue weighted by atomic mass is 10.2. The van der Waals surface area contributed by atoms with Crippen LogP contribution >= 0.6 is 0 Å². The maximum Gasteiger partial charge on any atom is 0.276 e. The highest BCUT2D eigenvalue weighted by Crippen LogP contribution is 2.21. The van der Waals surface area contributed by atoms with Crippen LogP contribution in [-0.4, -0.2) is 32.9 Å². The molecule has 20 heavy (non-hydrogen) atoms. The zero-order valence-corrected chi connectivity index (χ0v) is 13.8. The molecule has 116 valence electrons. The summed E-state index contributed by atoms with van der Waals surface area (Å²) in [5, 5.41) is 2.97. The minimum atomic E-state index is -3.55. The average molecular weight is 302 g/mol. The largest absolute Gasteiger partial charge is 0.447 e. The Morgan fingerprint density at radius 2 is 1.70 bits per heavy atom. The third kappa shape index (κ3) is 4.61. The Hall–Kier alpha value is -0.850. The molecule has 0 unspecified atom stereocenters. The van der Waals surface area contributed by atoms with Crippen molar-refractivity contribution in [3.8, 4) is 0 Å².